The third kappa shape index (κ3) is 10.1. The van der Waals surface area contributed by atoms with Crippen LogP contribution in [0.5, 0.6) is 5.75 Å². The van der Waals surface area contributed by atoms with Crippen LogP contribution in [-0.4, -0.2) is 88.2 Å². The number of nitrogens with two attached hydrogens (primary N) is 2. The van der Waals surface area contributed by atoms with Crippen molar-refractivity contribution in [1.82, 2.24) is 19.7 Å². The van der Waals surface area contributed by atoms with Gasteiger partial charge in [0, 0.05) is 12.8 Å². The number of hydrogen-bond acceptors (Lipinski definition) is 16. The van der Waals surface area contributed by atoms with E-state index in [1.54, 1.807) is 52.0 Å². The fourth-order valence-corrected chi connectivity index (χ4v) is 7.07. The molecular formula is C34H47N6O12P. The molecule has 0 aliphatic carbocycles. The van der Waals surface area contributed by atoms with Gasteiger partial charge in [-0.25, -0.2) is 14.1 Å². The number of esters is 4. The van der Waals surface area contributed by atoms with Gasteiger partial charge in [0.05, 0.1) is 25.5 Å². The molecule has 7 atom stereocenters. The number of carbonyl (C=O) groups excluding carboxylic acids is 4. The van der Waals surface area contributed by atoms with Crippen LogP contribution >= 0.6 is 7.75 Å². The summed E-state index contributed by atoms with van der Waals surface area (Å²) in [5.41, 5.74) is 11.8. The molecule has 1 unspecified atom stereocenters. The van der Waals surface area contributed by atoms with Crippen molar-refractivity contribution >= 4 is 43.0 Å². The summed E-state index contributed by atoms with van der Waals surface area (Å²) >= 11 is 0. The third-order valence-corrected chi connectivity index (χ3v) is 9.81. The smallest absolute Gasteiger partial charge is 0.459 e. The molecule has 18 nitrogen and oxygen atoms in total. The average molecular weight is 763 g/mol. The number of hydrogen-bond donors (Lipinski definition) is 3. The Kier molecular flexibility index (Phi) is 13.6. The molecule has 0 spiro atoms. The predicted molar refractivity (Wildman–Crippen MR) is 188 cm³/mol. The Morgan fingerprint density at radius 3 is 2.30 bits per heavy atom. The largest absolute Gasteiger partial charge is 0.468 e. The van der Waals surface area contributed by atoms with Crippen molar-refractivity contribution < 1.29 is 56.5 Å². The summed E-state index contributed by atoms with van der Waals surface area (Å²) in [6, 6.07) is 7.40. The molecular weight excluding hydrogens is 715 g/mol. The Hall–Kier alpha value is -4.61. The van der Waals surface area contributed by atoms with Crippen LogP contribution in [-0.2, 0) is 58.4 Å². The van der Waals surface area contributed by atoms with Gasteiger partial charge in [0.1, 0.15) is 41.4 Å². The summed E-state index contributed by atoms with van der Waals surface area (Å²) in [5, 5.41) is 6.90. The summed E-state index contributed by atoms with van der Waals surface area (Å²) in [4.78, 5) is 54.2. The molecule has 5 N–H and O–H groups in total. The molecule has 1 fully saturated rings. The third-order valence-electron chi connectivity index (χ3n) is 8.19. The maximum absolute atomic E-state index is 14.6. The molecule has 1 aromatic carbocycles. The summed E-state index contributed by atoms with van der Waals surface area (Å²) in [6.07, 6.45) is -2.71. The lowest BCUT2D eigenvalue weighted by molar-refractivity contribution is -0.171. The summed E-state index contributed by atoms with van der Waals surface area (Å²) in [6.45, 7) is 8.90. The molecule has 3 aromatic rings. The summed E-state index contributed by atoms with van der Waals surface area (Å²) < 4.78 is 56.1. The average Bonchev–Trinajstić information content (AvgIpc) is 3.67. The number of rotatable bonds is 17. The Balaban J connectivity index is 1.70. The summed E-state index contributed by atoms with van der Waals surface area (Å²) in [5.74, 6) is -2.31. The van der Waals surface area contributed by atoms with Gasteiger partial charge in [-0.05, 0) is 63.9 Å². The van der Waals surface area contributed by atoms with Crippen LogP contribution in [0.3, 0.4) is 0 Å². The first kappa shape index (κ1) is 41.2. The van der Waals surface area contributed by atoms with E-state index in [2.05, 4.69) is 19.9 Å². The lowest BCUT2D eigenvalue weighted by Gasteiger charge is -2.32. The van der Waals surface area contributed by atoms with Crippen LogP contribution in [0.1, 0.15) is 71.7 Å². The molecule has 1 aliphatic heterocycles. The van der Waals surface area contributed by atoms with Crippen molar-refractivity contribution in [3.05, 3.63) is 54.0 Å². The highest BCUT2D eigenvalue weighted by molar-refractivity contribution is 7.52. The minimum Gasteiger partial charge on any atom is -0.468 e. The van der Waals surface area contributed by atoms with Crippen LogP contribution in [0, 0.1) is 0 Å². The van der Waals surface area contributed by atoms with E-state index in [1.807, 2.05) is 0 Å². The van der Waals surface area contributed by atoms with Gasteiger partial charge in [0.15, 0.2) is 18.0 Å². The molecule has 290 valence electrons. The topological polar surface area (TPSA) is 244 Å². The molecule has 19 heteroatoms. The first-order valence-electron chi connectivity index (χ1n) is 17.0. The Labute approximate surface area is 306 Å². The Morgan fingerprint density at radius 1 is 1.02 bits per heavy atom. The fourth-order valence-electron chi connectivity index (χ4n) is 5.48. The van der Waals surface area contributed by atoms with E-state index in [0.717, 1.165) is 0 Å². The maximum Gasteiger partial charge on any atom is 0.459 e. The van der Waals surface area contributed by atoms with E-state index >= 15 is 0 Å². The SMILES string of the molecule is CCC(=O)O[C@H]1[C@H](c2ccc3c(N)ncnn23)O[C@](C)(COP(=O)(N[C@@H](C)C(=O)OC(C)C)Oc2ccc(C[C@H](N)C(=O)OC)cc2)[C@H]1OC(=O)CC. The zero-order chi connectivity index (χ0) is 39.1. The van der Waals surface area contributed by atoms with Crippen LogP contribution in [0.25, 0.3) is 5.52 Å². The standard InChI is InChI=1S/C34H47N6O12P/c1-8-26(41)49-29-28(24-14-15-25-31(36)37-18-38-40(24)25)51-34(6,30(29)50-27(42)9-2)17-47-53(45,39-20(5)32(43)48-19(3)4)52-22-12-10-21(11-13-22)16-23(35)33(44)46-7/h10-15,18-20,23,28-30H,8-9,16-17,35H2,1-7H3,(H,39,45)(H2,36,37,38)/t20-,23-,28-,29-,30-,34+,53?/m0/s1. The Bertz CT molecular complexity index is 1820. The number of nitrogens with one attached hydrogen (secondary N) is 1. The van der Waals surface area contributed by atoms with Crippen molar-refractivity contribution in [2.45, 2.75) is 103 Å². The minimum atomic E-state index is -4.52. The second-order valence-corrected chi connectivity index (χ2v) is 14.5. The number of benzene rings is 1. The number of carbonyl (C=O) groups is 4. The lowest BCUT2D eigenvalue weighted by Crippen LogP contribution is -2.48. The van der Waals surface area contributed by atoms with Crippen molar-refractivity contribution in [3.8, 4) is 5.75 Å². The van der Waals surface area contributed by atoms with Gasteiger partial charge in [-0.15, -0.1) is 0 Å². The molecule has 0 bridgehead atoms. The van der Waals surface area contributed by atoms with E-state index in [-0.39, 0.29) is 30.8 Å². The lowest BCUT2D eigenvalue weighted by atomic mass is 9.96. The van der Waals surface area contributed by atoms with Crippen LogP contribution in [0.4, 0.5) is 5.82 Å². The highest BCUT2D eigenvalue weighted by Crippen LogP contribution is 2.50. The highest BCUT2D eigenvalue weighted by atomic mass is 31.2. The minimum absolute atomic E-state index is 0.000355. The molecule has 0 amide bonds. The number of nitrogen functional groups attached to an aromatic ring is 1. The number of ether oxygens (including phenoxy) is 5. The fraction of sp³-hybridized carbons (Fsp3) is 0.529. The van der Waals surface area contributed by atoms with Gasteiger partial charge in [-0.2, -0.15) is 10.2 Å². The molecule has 0 saturated carbocycles. The van der Waals surface area contributed by atoms with Gasteiger partial charge in [-0.3, -0.25) is 23.7 Å². The molecule has 2 aromatic heterocycles. The van der Waals surface area contributed by atoms with E-state index in [4.69, 9.17) is 39.5 Å². The zero-order valence-electron chi connectivity index (χ0n) is 30.7. The number of anilines is 1. The van der Waals surface area contributed by atoms with Crippen molar-refractivity contribution in [1.29, 1.82) is 0 Å². The number of methoxy groups -OCH3 is 1. The molecule has 3 heterocycles. The highest BCUT2D eigenvalue weighted by Gasteiger charge is 2.59. The first-order chi connectivity index (χ1) is 25.0. The van der Waals surface area contributed by atoms with E-state index in [1.165, 1.54) is 43.9 Å². The van der Waals surface area contributed by atoms with Gasteiger partial charge in [0.25, 0.3) is 0 Å². The molecule has 1 aliphatic rings. The van der Waals surface area contributed by atoms with Gasteiger partial charge >= 0.3 is 31.6 Å². The second-order valence-electron chi connectivity index (χ2n) is 12.8. The van der Waals surface area contributed by atoms with Crippen molar-refractivity contribution in [3.63, 3.8) is 0 Å². The quantitative estimate of drug-likeness (QED) is 0.102. The molecule has 53 heavy (non-hydrogen) atoms. The van der Waals surface area contributed by atoms with Crippen molar-refractivity contribution in [2.75, 3.05) is 19.5 Å². The Morgan fingerprint density at radius 2 is 1.68 bits per heavy atom. The van der Waals surface area contributed by atoms with Crippen LogP contribution < -0.4 is 21.1 Å². The molecule has 0 radical (unpaired) electrons. The maximum atomic E-state index is 14.6. The van der Waals surface area contributed by atoms with Gasteiger partial charge in [0.2, 0.25) is 0 Å². The van der Waals surface area contributed by atoms with Crippen molar-refractivity contribution in [2.24, 2.45) is 5.73 Å². The molecule has 1 saturated heterocycles. The molecule has 4 rings (SSSR count). The second kappa shape index (κ2) is 17.5. The van der Waals surface area contributed by atoms with E-state index in [0.29, 0.717) is 16.8 Å². The van der Waals surface area contributed by atoms with Crippen LogP contribution in [0.2, 0.25) is 0 Å². The normalized spacial score (nSPS) is 22.1. The number of nitrogens with zero attached hydrogens (tertiary/aromatic N) is 3. The predicted octanol–water partition coefficient (Wildman–Crippen LogP) is 2.96. The van der Waals surface area contributed by atoms with E-state index in [9.17, 15) is 23.7 Å². The number of aromatic nitrogens is 3. The number of fused-ring (bicyclic) bond motifs is 1. The zero-order valence-corrected chi connectivity index (χ0v) is 31.6. The van der Waals surface area contributed by atoms with Gasteiger partial charge in [-0.1, -0.05) is 26.0 Å². The van der Waals surface area contributed by atoms with E-state index < -0.39 is 80.3 Å². The van der Waals surface area contributed by atoms with Gasteiger partial charge < -0.3 is 39.7 Å². The monoisotopic (exact) mass is 762 g/mol. The van der Waals surface area contributed by atoms with Crippen LogP contribution in [0.15, 0.2) is 42.7 Å². The first-order valence-corrected chi connectivity index (χ1v) is 18.6. The summed E-state index contributed by atoms with van der Waals surface area (Å²) in [7, 11) is -3.28.